The number of nitrogens with two attached hydrogens (primary N) is 1. The summed E-state index contributed by atoms with van der Waals surface area (Å²) in [5, 5.41) is 0. The average Bonchev–Trinajstić information content (AvgIpc) is 3.00. The SMILES string of the molecule is Nc1c(S(=O)(=O)c2ccc(OC(F)(F)F)cc2)c2nccnc2n1-c1ccccc1. The molecule has 30 heavy (non-hydrogen) atoms. The molecule has 0 radical (unpaired) electrons. The number of nitrogens with zero attached hydrogens (tertiary/aromatic N) is 3. The Morgan fingerprint density at radius 1 is 0.933 bits per heavy atom. The van der Waals surface area contributed by atoms with Crippen molar-refractivity contribution in [1.29, 1.82) is 0 Å². The van der Waals surface area contributed by atoms with Gasteiger partial charge in [-0.1, -0.05) is 18.2 Å². The lowest BCUT2D eigenvalue weighted by molar-refractivity contribution is -0.274. The summed E-state index contributed by atoms with van der Waals surface area (Å²) in [6.07, 6.45) is -2.15. The van der Waals surface area contributed by atoms with Crippen molar-refractivity contribution in [3.05, 3.63) is 67.0 Å². The van der Waals surface area contributed by atoms with Gasteiger partial charge in [0.2, 0.25) is 9.84 Å². The molecule has 0 unspecified atom stereocenters. The fraction of sp³-hybridized carbons (Fsp3) is 0.0526. The molecule has 0 saturated carbocycles. The smallest absolute Gasteiger partial charge is 0.406 e. The van der Waals surface area contributed by atoms with E-state index in [0.29, 0.717) is 5.69 Å². The molecular weight excluding hydrogens is 421 g/mol. The number of para-hydroxylation sites is 1. The third-order valence-electron chi connectivity index (χ3n) is 4.23. The van der Waals surface area contributed by atoms with Gasteiger partial charge < -0.3 is 10.5 Å². The summed E-state index contributed by atoms with van der Waals surface area (Å²) < 4.78 is 68.9. The molecule has 7 nitrogen and oxygen atoms in total. The first-order chi connectivity index (χ1) is 14.2. The number of fused-ring (bicyclic) bond motifs is 1. The largest absolute Gasteiger partial charge is 0.573 e. The van der Waals surface area contributed by atoms with E-state index < -0.39 is 21.9 Å². The number of sulfone groups is 1. The number of ether oxygens (including phenoxy) is 1. The van der Waals surface area contributed by atoms with Crippen molar-refractivity contribution in [3.8, 4) is 11.4 Å². The van der Waals surface area contributed by atoms with E-state index in [-0.39, 0.29) is 26.8 Å². The Kier molecular flexibility index (Phi) is 4.61. The summed E-state index contributed by atoms with van der Waals surface area (Å²) in [7, 11) is -4.23. The van der Waals surface area contributed by atoms with E-state index in [1.54, 1.807) is 30.3 Å². The maximum Gasteiger partial charge on any atom is 0.573 e. The Balaban J connectivity index is 1.88. The summed E-state index contributed by atoms with van der Waals surface area (Å²) in [5.74, 6) is -0.654. The third kappa shape index (κ3) is 3.43. The summed E-state index contributed by atoms with van der Waals surface area (Å²) in [6, 6.07) is 12.6. The quantitative estimate of drug-likeness (QED) is 0.525. The van der Waals surface area contributed by atoms with Crippen LogP contribution in [0.2, 0.25) is 0 Å². The summed E-state index contributed by atoms with van der Waals surface area (Å²) >= 11 is 0. The molecule has 4 aromatic rings. The van der Waals surface area contributed by atoms with E-state index >= 15 is 0 Å². The molecule has 0 aliphatic carbocycles. The molecule has 0 amide bonds. The lowest BCUT2D eigenvalue weighted by Gasteiger charge is -2.10. The van der Waals surface area contributed by atoms with Crippen molar-refractivity contribution >= 4 is 26.8 Å². The van der Waals surface area contributed by atoms with Crippen molar-refractivity contribution in [2.45, 2.75) is 16.2 Å². The molecule has 0 saturated heterocycles. The van der Waals surface area contributed by atoms with Gasteiger partial charge >= 0.3 is 6.36 Å². The Morgan fingerprint density at radius 3 is 2.20 bits per heavy atom. The van der Waals surface area contributed by atoms with Crippen LogP contribution < -0.4 is 10.5 Å². The van der Waals surface area contributed by atoms with Crippen molar-refractivity contribution in [2.24, 2.45) is 0 Å². The van der Waals surface area contributed by atoms with Gasteiger partial charge in [0.05, 0.1) is 4.90 Å². The molecule has 0 spiro atoms. The van der Waals surface area contributed by atoms with Crippen LogP contribution in [0.4, 0.5) is 19.0 Å². The molecule has 2 heterocycles. The molecule has 4 rings (SSSR count). The van der Waals surface area contributed by atoms with Gasteiger partial charge in [-0.15, -0.1) is 13.2 Å². The molecule has 2 N–H and O–H groups in total. The Morgan fingerprint density at radius 2 is 1.57 bits per heavy atom. The van der Waals surface area contributed by atoms with Gasteiger partial charge in [0.15, 0.2) is 5.65 Å². The third-order valence-corrected chi connectivity index (χ3v) is 6.06. The van der Waals surface area contributed by atoms with Gasteiger partial charge in [0.25, 0.3) is 0 Å². The molecule has 11 heteroatoms. The van der Waals surface area contributed by atoms with E-state index in [9.17, 15) is 21.6 Å². The zero-order valence-electron chi connectivity index (χ0n) is 15.0. The molecule has 0 fully saturated rings. The molecule has 0 bridgehead atoms. The molecule has 0 aliphatic rings. The Labute approximate surface area is 168 Å². The van der Waals surface area contributed by atoms with Crippen LogP contribution in [0.25, 0.3) is 16.9 Å². The minimum absolute atomic E-state index is 0.0504. The minimum Gasteiger partial charge on any atom is -0.406 e. The maximum absolute atomic E-state index is 13.3. The van der Waals surface area contributed by atoms with Gasteiger partial charge in [-0.2, -0.15) is 0 Å². The first kappa shape index (κ1) is 19.7. The zero-order chi connectivity index (χ0) is 21.5. The van der Waals surface area contributed by atoms with E-state index in [1.807, 2.05) is 0 Å². The number of hydrogen-bond acceptors (Lipinski definition) is 6. The van der Waals surface area contributed by atoms with E-state index in [2.05, 4.69) is 14.7 Å². The standard InChI is InChI=1S/C19H13F3N4O3S/c20-19(21,22)29-13-6-8-14(9-7-13)30(27,28)16-15-18(25-11-10-24-15)26(17(16)23)12-4-2-1-3-5-12/h1-11H,23H2. The van der Waals surface area contributed by atoms with Crippen LogP contribution in [0.5, 0.6) is 5.75 Å². The first-order valence-electron chi connectivity index (χ1n) is 8.46. The number of nitrogen functional groups attached to an aromatic ring is 1. The highest BCUT2D eigenvalue weighted by atomic mass is 32.2. The molecule has 0 aliphatic heterocycles. The highest BCUT2D eigenvalue weighted by Crippen LogP contribution is 2.36. The molecule has 0 atom stereocenters. The predicted octanol–water partition coefficient (Wildman–Crippen LogP) is 3.73. The monoisotopic (exact) mass is 434 g/mol. The molecular formula is C19H13F3N4O3S. The Hall–Kier alpha value is -3.60. The number of aromatic nitrogens is 3. The number of alkyl halides is 3. The van der Waals surface area contributed by atoms with Crippen LogP contribution >= 0.6 is 0 Å². The van der Waals surface area contributed by atoms with Crippen molar-refractivity contribution in [2.75, 3.05) is 5.73 Å². The average molecular weight is 434 g/mol. The van der Waals surface area contributed by atoms with E-state index in [4.69, 9.17) is 5.73 Å². The van der Waals surface area contributed by atoms with Gasteiger partial charge in [0, 0.05) is 18.1 Å². The number of rotatable bonds is 4. The second kappa shape index (κ2) is 7.02. The second-order valence-corrected chi connectivity index (χ2v) is 8.02. The van der Waals surface area contributed by atoms with Crippen molar-refractivity contribution in [3.63, 3.8) is 0 Å². The van der Waals surface area contributed by atoms with E-state index in [0.717, 1.165) is 24.3 Å². The van der Waals surface area contributed by atoms with Crippen LogP contribution in [-0.2, 0) is 9.84 Å². The highest BCUT2D eigenvalue weighted by molar-refractivity contribution is 7.92. The van der Waals surface area contributed by atoms with Crippen molar-refractivity contribution in [1.82, 2.24) is 14.5 Å². The zero-order valence-corrected chi connectivity index (χ0v) is 15.9. The van der Waals surface area contributed by atoms with Crippen LogP contribution in [0.1, 0.15) is 0 Å². The van der Waals surface area contributed by atoms with Crippen LogP contribution in [0.15, 0.2) is 76.8 Å². The fourth-order valence-corrected chi connectivity index (χ4v) is 4.53. The van der Waals surface area contributed by atoms with Crippen LogP contribution in [0, 0.1) is 0 Å². The first-order valence-corrected chi connectivity index (χ1v) is 9.94. The summed E-state index contributed by atoms with van der Waals surface area (Å²) in [4.78, 5) is 7.80. The molecule has 2 aromatic carbocycles. The number of anilines is 1. The van der Waals surface area contributed by atoms with Crippen LogP contribution in [-0.4, -0.2) is 29.3 Å². The van der Waals surface area contributed by atoms with E-state index in [1.165, 1.54) is 17.0 Å². The highest BCUT2D eigenvalue weighted by Gasteiger charge is 2.32. The second-order valence-electron chi connectivity index (χ2n) is 6.14. The number of halogens is 3. The van der Waals surface area contributed by atoms with Gasteiger partial charge in [-0.3, -0.25) is 4.57 Å². The van der Waals surface area contributed by atoms with Gasteiger partial charge in [-0.05, 0) is 36.4 Å². The Bertz CT molecular complexity index is 1320. The fourth-order valence-electron chi connectivity index (χ4n) is 3.03. The van der Waals surface area contributed by atoms with Crippen molar-refractivity contribution < 1.29 is 26.3 Å². The number of hydrogen-bond donors (Lipinski definition) is 1. The van der Waals surface area contributed by atoms with Crippen LogP contribution in [0.3, 0.4) is 0 Å². The summed E-state index contributed by atoms with van der Waals surface area (Å²) in [6.45, 7) is 0. The normalized spacial score (nSPS) is 12.2. The predicted molar refractivity (Wildman–Crippen MR) is 102 cm³/mol. The number of benzene rings is 2. The lowest BCUT2D eigenvalue weighted by atomic mass is 10.3. The molecule has 154 valence electrons. The van der Waals surface area contributed by atoms with Gasteiger partial charge in [0.1, 0.15) is 22.0 Å². The maximum atomic E-state index is 13.3. The summed E-state index contributed by atoms with van der Waals surface area (Å²) in [5.41, 5.74) is 7.08. The topological polar surface area (TPSA) is 100 Å². The minimum atomic E-state index is -4.89. The lowest BCUT2D eigenvalue weighted by Crippen LogP contribution is -2.17. The van der Waals surface area contributed by atoms with Gasteiger partial charge in [-0.25, -0.2) is 18.4 Å². The molecule has 2 aromatic heterocycles.